The van der Waals surface area contributed by atoms with E-state index in [0.717, 1.165) is 62.7 Å². The first-order valence-corrected chi connectivity index (χ1v) is 17.2. The molecule has 0 aliphatic carbocycles. The smallest absolute Gasteiger partial charge is 0.244 e. The number of carbonyl (C=O) groups excluding carboxylic acids is 3. The maximum atomic E-state index is 14.3. The molecule has 7 nitrogen and oxygen atoms in total. The monoisotopic (exact) mass is 641 g/mol. The lowest BCUT2D eigenvalue weighted by Gasteiger charge is -2.43. The van der Waals surface area contributed by atoms with Gasteiger partial charge in [0, 0.05) is 25.5 Å². The van der Waals surface area contributed by atoms with Crippen molar-refractivity contribution < 1.29 is 19.1 Å². The van der Waals surface area contributed by atoms with Crippen LogP contribution in [0.2, 0.25) is 0 Å². The Balaban J connectivity index is 1.63. The molecular weight excluding hydrogens is 586 g/mol. The number of nitrogens with one attached hydrogen (secondary N) is 1. The van der Waals surface area contributed by atoms with Crippen LogP contribution in [-0.2, 0) is 25.7 Å². The number of primary amides is 1. The van der Waals surface area contributed by atoms with Crippen molar-refractivity contribution in [3.63, 3.8) is 0 Å². The van der Waals surface area contributed by atoms with E-state index >= 15 is 0 Å². The van der Waals surface area contributed by atoms with Crippen molar-refractivity contribution in [1.29, 1.82) is 0 Å². The molecule has 0 aliphatic rings. The number of ether oxygens (including phenoxy) is 1. The van der Waals surface area contributed by atoms with Gasteiger partial charge in [0.05, 0.1) is 12.6 Å². The van der Waals surface area contributed by atoms with Gasteiger partial charge in [0.2, 0.25) is 17.7 Å². The first kappa shape index (κ1) is 37.5. The lowest BCUT2D eigenvalue weighted by molar-refractivity contribution is -0.148. The van der Waals surface area contributed by atoms with Gasteiger partial charge in [0.25, 0.3) is 0 Å². The lowest BCUT2D eigenvalue weighted by atomic mass is 9.83. The summed E-state index contributed by atoms with van der Waals surface area (Å²) in [5.41, 5.74) is 7.98. The molecule has 0 aromatic heterocycles. The van der Waals surface area contributed by atoms with E-state index in [1.54, 1.807) is 4.90 Å². The summed E-state index contributed by atoms with van der Waals surface area (Å²) >= 11 is 0. The van der Waals surface area contributed by atoms with Crippen molar-refractivity contribution in [2.45, 2.75) is 110 Å². The van der Waals surface area contributed by atoms with E-state index in [1.807, 2.05) is 107 Å². The van der Waals surface area contributed by atoms with Gasteiger partial charge in [-0.15, -0.1) is 0 Å². The van der Waals surface area contributed by atoms with Crippen molar-refractivity contribution in [1.82, 2.24) is 10.2 Å². The van der Waals surface area contributed by atoms with Gasteiger partial charge >= 0.3 is 0 Å². The zero-order valence-corrected chi connectivity index (χ0v) is 28.8. The molecule has 7 heteroatoms. The number of amides is 3. The molecule has 3 amide bonds. The number of unbranched alkanes of at least 4 members (excludes halogenated alkanes) is 5. The molecule has 3 rings (SSSR count). The molecule has 0 saturated heterocycles. The van der Waals surface area contributed by atoms with Crippen LogP contribution in [0, 0.1) is 5.41 Å². The summed E-state index contributed by atoms with van der Waals surface area (Å²) in [5, 5.41) is 3.29. The Bertz CT molecular complexity index is 1300. The SMILES string of the molecule is CC(CCCCCCCCOCc1ccccc1)N(C(=O)CCC(N)=O)[C@H](C(=O)NC(c1ccccc1)c1ccccc1)C(C)(C)C. The average molecular weight is 642 g/mol. The standard InChI is InChI=1S/C40H55N3O4/c1-31(20-12-7-5-6-8-19-29-47-30-32-21-13-9-14-22-32)43(36(45)28-27-35(41)44)38(40(2,3)4)39(46)42-37(33-23-15-10-16-24-33)34-25-17-11-18-26-34/h9-11,13-18,21-26,31,37-38H,5-8,12,19-20,27-30H2,1-4H3,(H2,41,44)(H,42,46)/t31?,38-/m1/s1. The summed E-state index contributed by atoms with van der Waals surface area (Å²) in [6.07, 6.45) is 7.11. The van der Waals surface area contributed by atoms with Crippen LogP contribution in [0.5, 0.6) is 0 Å². The molecule has 0 bridgehead atoms. The fraction of sp³-hybridized carbons (Fsp3) is 0.475. The summed E-state index contributed by atoms with van der Waals surface area (Å²) in [6, 6.07) is 28.7. The van der Waals surface area contributed by atoms with Crippen LogP contribution in [0.1, 0.15) is 108 Å². The van der Waals surface area contributed by atoms with Gasteiger partial charge in [0.15, 0.2) is 0 Å². The fourth-order valence-electron chi connectivity index (χ4n) is 6.07. The molecule has 0 radical (unpaired) electrons. The molecular formula is C40H55N3O4. The topological polar surface area (TPSA) is 102 Å². The molecule has 3 aromatic carbocycles. The minimum atomic E-state index is -0.747. The largest absolute Gasteiger partial charge is 0.377 e. The highest BCUT2D eigenvalue weighted by atomic mass is 16.5. The van der Waals surface area contributed by atoms with E-state index in [4.69, 9.17) is 10.5 Å². The minimum Gasteiger partial charge on any atom is -0.377 e. The van der Waals surface area contributed by atoms with Crippen molar-refractivity contribution in [2.75, 3.05) is 6.61 Å². The zero-order valence-electron chi connectivity index (χ0n) is 28.8. The second-order valence-corrected chi connectivity index (χ2v) is 13.6. The molecule has 0 aliphatic heterocycles. The Morgan fingerprint density at radius 3 is 1.79 bits per heavy atom. The Kier molecular flexibility index (Phi) is 15.7. The third kappa shape index (κ3) is 13.0. The molecule has 0 saturated carbocycles. The third-order valence-electron chi connectivity index (χ3n) is 8.52. The van der Waals surface area contributed by atoms with Gasteiger partial charge in [-0.05, 0) is 41.9 Å². The predicted molar refractivity (Wildman–Crippen MR) is 189 cm³/mol. The maximum absolute atomic E-state index is 14.3. The van der Waals surface area contributed by atoms with Gasteiger partial charge in [-0.1, -0.05) is 144 Å². The van der Waals surface area contributed by atoms with E-state index in [1.165, 1.54) is 5.56 Å². The van der Waals surface area contributed by atoms with E-state index in [-0.39, 0.29) is 36.7 Å². The Morgan fingerprint density at radius 1 is 0.745 bits per heavy atom. The fourth-order valence-corrected chi connectivity index (χ4v) is 6.07. The summed E-state index contributed by atoms with van der Waals surface area (Å²) in [7, 11) is 0. The van der Waals surface area contributed by atoms with Gasteiger partial charge < -0.3 is 20.7 Å². The molecule has 2 atom stereocenters. The number of rotatable bonds is 20. The number of carbonyl (C=O) groups is 3. The van der Waals surface area contributed by atoms with E-state index in [2.05, 4.69) is 17.4 Å². The van der Waals surface area contributed by atoms with Crippen molar-refractivity contribution >= 4 is 17.7 Å². The van der Waals surface area contributed by atoms with Crippen LogP contribution in [0.15, 0.2) is 91.0 Å². The molecule has 0 spiro atoms. The van der Waals surface area contributed by atoms with E-state index < -0.39 is 17.4 Å². The van der Waals surface area contributed by atoms with Crippen LogP contribution < -0.4 is 11.1 Å². The Morgan fingerprint density at radius 2 is 1.26 bits per heavy atom. The number of nitrogens with two attached hydrogens (primary N) is 1. The second-order valence-electron chi connectivity index (χ2n) is 13.6. The van der Waals surface area contributed by atoms with Crippen molar-refractivity contribution in [3.8, 4) is 0 Å². The summed E-state index contributed by atoms with van der Waals surface area (Å²) in [6.45, 7) is 9.40. The average Bonchev–Trinajstić information content (AvgIpc) is 3.06. The van der Waals surface area contributed by atoms with Crippen LogP contribution in [0.25, 0.3) is 0 Å². The van der Waals surface area contributed by atoms with Crippen molar-refractivity contribution in [2.24, 2.45) is 11.1 Å². The van der Waals surface area contributed by atoms with Gasteiger partial charge in [-0.25, -0.2) is 0 Å². The quantitative estimate of drug-likeness (QED) is 0.123. The molecule has 254 valence electrons. The van der Waals surface area contributed by atoms with Crippen LogP contribution in [0.3, 0.4) is 0 Å². The number of benzene rings is 3. The molecule has 0 heterocycles. The number of nitrogens with zero attached hydrogens (tertiary/aromatic N) is 1. The molecule has 3 aromatic rings. The predicted octanol–water partition coefficient (Wildman–Crippen LogP) is 7.74. The van der Waals surface area contributed by atoms with Crippen LogP contribution in [-0.4, -0.2) is 41.3 Å². The number of hydrogen-bond donors (Lipinski definition) is 2. The Hall–Kier alpha value is -3.97. The highest BCUT2D eigenvalue weighted by Crippen LogP contribution is 2.31. The van der Waals surface area contributed by atoms with Gasteiger partial charge in [-0.2, -0.15) is 0 Å². The van der Waals surface area contributed by atoms with Gasteiger partial charge in [-0.3, -0.25) is 14.4 Å². The summed E-state index contributed by atoms with van der Waals surface area (Å²) in [4.78, 5) is 41.5. The zero-order chi connectivity index (χ0) is 34.1. The molecule has 47 heavy (non-hydrogen) atoms. The van der Waals surface area contributed by atoms with Crippen LogP contribution >= 0.6 is 0 Å². The first-order chi connectivity index (χ1) is 22.6. The lowest BCUT2D eigenvalue weighted by Crippen LogP contribution is -2.59. The maximum Gasteiger partial charge on any atom is 0.244 e. The highest BCUT2D eigenvalue weighted by Gasteiger charge is 2.41. The second kappa shape index (κ2) is 19.6. The normalized spacial score (nSPS) is 12.8. The van der Waals surface area contributed by atoms with E-state index in [0.29, 0.717) is 6.61 Å². The third-order valence-corrected chi connectivity index (χ3v) is 8.52. The highest BCUT2D eigenvalue weighted by molar-refractivity contribution is 5.90. The van der Waals surface area contributed by atoms with E-state index in [9.17, 15) is 14.4 Å². The first-order valence-electron chi connectivity index (χ1n) is 17.2. The molecule has 1 unspecified atom stereocenters. The Labute approximate surface area is 282 Å². The van der Waals surface area contributed by atoms with Crippen molar-refractivity contribution in [3.05, 3.63) is 108 Å². The number of hydrogen-bond acceptors (Lipinski definition) is 4. The van der Waals surface area contributed by atoms with Crippen LogP contribution in [0.4, 0.5) is 0 Å². The summed E-state index contributed by atoms with van der Waals surface area (Å²) in [5.74, 6) is -0.969. The summed E-state index contributed by atoms with van der Waals surface area (Å²) < 4.78 is 5.81. The minimum absolute atomic E-state index is 0.0212. The molecule has 3 N–H and O–H groups in total. The van der Waals surface area contributed by atoms with Gasteiger partial charge in [0.1, 0.15) is 6.04 Å². The molecule has 0 fully saturated rings.